The van der Waals surface area contributed by atoms with Crippen LogP contribution in [-0.2, 0) is 10.0 Å². The van der Waals surface area contributed by atoms with Crippen LogP contribution < -0.4 is 4.72 Å². The quantitative estimate of drug-likeness (QED) is 0.820. The first-order valence-corrected chi connectivity index (χ1v) is 8.92. The van der Waals surface area contributed by atoms with E-state index in [1.54, 1.807) is 12.1 Å². The van der Waals surface area contributed by atoms with Crippen molar-refractivity contribution in [1.29, 1.82) is 0 Å². The van der Waals surface area contributed by atoms with Crippen molar-refractivity contribution in [2.75, 3.05) is 26.2 Å². The zero-order chi connectivity index (χ0) is 14.4. The van der Waals surface area contributed by atoms with E-state index >= 15 is 0 Å². The number of nitrogens with zero attached hydrogens (tertiary/aromatic N) is 1. The summed E-state index contributed by atoms with van der Waals surface area (Å²) in [7, 11) is -3.41. The van der Waals surface area contributed by atoms with Crippen molar-refractivity contribution >= 4 is 21.6 Å². The van der Waals surface area contributed by atoms with Crippen LogP contribution in [0.3, 0.4) is 0 Å². The molecule has 0 amide bonds. The summed E-state index contributed by atoms with van der Waals surface area (Å²) in [6, 6.07) is 6.22. The summed E-state index contributed by atoms with van der Waals surface area (Å²) in [6.07, 6.45) is 4.68. The third kappa shape index (κ3) is 4.74. The van der Waals surface area contributed by atoms with Crippen molar-refractivity contribution in [3.63, 3.8) is 0 Å². The minimum atomic E-state index is -3.41. The largest absolute Gasteiger partial charge is 0.303 e. The van der Waals surface area contributed by atoms with Crippen molar-refractivity contribution in [3.05, 3.63) is 29.3 Å². The molecule has 0 unspecified atom stereocenters. The van der Waals surface area contributed by atoms with Crippen LogP contribution in [0.4, 0.5) is 0 Å². The summed E-state index contributed by atoms with van der Waals surface area (Å²) in [5.74, 6) is 0. The molecule has 1 heterocycles. The molecule has 20 heavy (non-hydrogen) atoms. The fraction of sp³-hybridized carbons (Fsp3) is 0.571. The third-order valence-electron chi connectivity index (χ3n) is 3.52. The number of halogens is 1. The molecule has 0 saturated carbocycles. The lowest BCUT2D eigenvalue weighted by atomic mass is 10.1. The number of hydrogen-bond donors (Lipinski definition) is 1. The van der Waals surface area contributed by atoms with E-state index in [1.165, 1.54) is 31.4 Å². The third-order valence-corrected chi connectivity index (χ3v) is 5.24. The molecule has 4 nitrogen and oxygen atoms in total. The molecule has 0 aliphatic carbocycles. The molecule has 1 aliphatic rings. The molecule has 6 heteroatoms. The lowest BCUT2D eigenvalue weighted by Gasteiger charge is -2.26. The Morgan fingerprint density at radius 3 is 2.40 bits per heavy atom. The normalized spacial score (nSPS) is 17.2. The second-order valence-corrected chi connectivity index (χ2v) is 7.31. The molecule has 0 bridgehead atoms. The van der Waals surface area contributed by atoms with Gasteiger partial charge in [-0.3, -0.25) is 0 Å². The van der Waals surface area contributed by atoms with E-state index in [-0.39, 0.29) is 4.90 Å². The van der Waals surface area contributed by atoms with E-state index in [0.717, 1.165) is 26.1 Å². The monoisotopic (exact) mass is 316 g/mol. The Balaban J connectivity index is 1.76. The first-order chi connectivity index (χ1) is 9.58. The van der Waals surface area contributed by atoms with Gasteiger partial charge in [0.15, 0.2) is 0 Å². The highest BCUT2D eigenvalue weighted by atomic mass is 35.5. The summed E-state index contributed by atoms with van der Waals surface area (Å²) in [5.41, 5.74) is 0. The molecule has 0 radical (unpaired) electrons. The fourth-order valence-electron chi connectivity index (χ4n) is 2.39. The minimum Gasteiger partial charge on any atom is -0.303 e. The topological polar surface area (TPSA) is 49.4 Å². The Labute approximate surface area is 126 Å². The highest BCUT2D eigenvalue weighted by Crippen LogP contribution is 2.14. The average molecular weight is 317 g/mol. The molecule has 0 spiro atoms. The SMILES string of the molecule is O=S(=O)(NCCCN1CCCCC1)c1ccc(Cl)cc1. The highest BCUT2D eigenvalue weighted by molar-refractivity contribution is 7.89. The van der Waals surface area contributed by atoms with Crippen LogP contribution in [0.2, 0.25) is 5.02 Å². The number of nitrogens with one attached hydrogen (secondary N) is 1. The molecular weight excluding hydrogens is 296 g/mol. The van der Waals surface area contributed by atoms with Crippen molar-refractivity contribution in [1.82, 2.24) is 9.62 Å². The molecule has 1 aromatic rings. The number of sulfonamides is 1. The predicted molar refractivity (Wildman–Crippen MR) is 81.5 cm³/mol. The molecule has 1 aliphatic heterocycles. The maximum atomic E-state index is 12.0. The minimum absolute atomic E-state index is 0.264. The maximum absolute atomic E-state index is 12.0. The number of likely N-dealkylation sites (tertiary alicyclic amines) is 1. The molecule has 2 rings (SSSR count). The summed E-state index contributed by atoms with van der Waals surface area (Å²) >= 11 is 5.75. The fourth-order valence-corrected chi connectivity index (χ4v) is 3.59. The van der Waals surface area contributed by atoms with Gasteiger partial charge in [-0.15, -0.1) is 0 Å². The highest BCUT2D eigenvalue weighted by Gasteiger charge is 2.14. The Morgan fingerprint density at radius 1 is 1.10 bits per heavy atom. The Hall–Kier alpha value is -0.620. The van der Waals surface area contributed by atoms with Crippen molar-refractivity contribution in [2.24, 2.45) is 0 Å². The molecule has 0 aromatic heterocycles. The van der Waals surface area contributed by atoms with Gasteiger partial charge >= 0.3 is 0 Å². The smallest absolute Gasteiger partial charge is 0.240 e. The van der Waals surface area contributed by atoms with Gasteiger partial charge in [0.25, 0.3) is 0 Å². The molecule has 1 saturated heterocycles. The van der Waals surface area contributed by atoms with E-state index in [4.69, 9.17) is 11.6 Å². The van der Waals surface area contributed by atoms with Crippen LogP contribution in [0.15, 0.2) is 29.2 Å². The number of rotatable bonds is 6. The van der Waals surface area contributed by atoms with Crippen LogP contribution in [-0.4, -0.2) is 39.5 Å². The number of hydrogen-bond acceptors (Lipinski definition) is 3. The first kappa shape index (κ1) is 15.8. The average Bonchev–Trinajstić information content (AvgIpc) is 2.45. The van der Waals surface area contributed by atoms with Gasteiger partial charge < -0.3 is 4.90 Å². The maximum Gasteiger partial charge on any atom is 0.240 e. The van der Waals surface area contributed by atoms with Gasteiger partial charge in [0.2, 0.25) is 10.0 Å². The molecular formula is C14H21ClN2O2S. The van der Waals surface area contributed by atoms with Crippen LogP contribution in [0.25, 0.3) is 0 Å². The van der Waals surface area contributed by atoms with Gasteiger partial charge in [0, 0.05) is 11.6 Å². The predicted octanol–water partition coefficient (Wildman–Crippen LogP) is 2.49. The van der Waals surface area contributed by atoms with Gasteiger partial charge in [-0.25, -0.2) is 13.1 Å². The van der Waals surface area contributed by atoms with E-state index in [0.29, 0.717) is 11.6 Å². The first-order valence-electron chi connectivity index (χ1n) is 7.05. The molecule has 1 fully saturated rings. The van der Waals surface area contributed by atoms with Crippen molar-refractivity contribution in [3.8, 4) is 0 Å². The Morgan fingerprint density at radius 2 is 1.75 bits per heavy atom. The lowest BCUT2D eigenvalue weighted by Crippen LogP contribution is -2.33. The standard InChI is InChI=1S/C14H21ClN2O2S/c15-13-5-7-14(8-6-13)20(18,19)16-9-4-12-17-10-2-1-3-11-17/h5-8,16H,1-4,9-12H2. The van der Waals surface area contributed by atoms with Gasteiger partial charge in [0.1, 0.15) is 0 Å². The number of benzene rings is 1. The van der Waals surface area contributed by atoms with E-state index in [2.05, 4.69) is 9.62 Å². The molecule has 0 atom stereocenters. The molecule has 1 N–H and O–H groups in total. The van der Waals surface area contributed by atoms with E-state index in [1.807, 2.05) is 0 Å². The Kier molecular flexibility index (Phi) is 5.84. The van der Waals surface area contributed by atoms with Gasteiger partial charge in [-0.2, -0.15) is 0 Å². The second kappa shape index (κ2) is 7.41. The van der Waals surface area contributed by atoms with Crippen molar-refractivity contribution in [2.45, 2.75) is 30.6 Å². The second-order valence-electron chi connectivity index (χ2n) is 5.11. The summed E-state index contributed by atoms with van der Waals surface area (Å²) in [6.45, 7) is 3.72. The van der Waals surface area contributed by atoms with Crippen LogP contribution in [0.5, 0.6) is 0 Å². The van der Waals surface area contributed by atoms with Gasteiger partial charge in [0.05, 0.1) is 4.90 Å². The molecule has 112 valence electrons. The number of piperidine rings is 1. The summed E-state index contributed by atoms with van der Waals surface area (Å²) in [4.78, 5) is 2.67. The van der Waals surface area contributed by atoms with Gasteiger partial charge in [-0.1, -0.05) is 18.0 Å². The van der Waals surface area contributed by atoms with E-state index < -0.39 is 10.0 Å². The van der Waals surface area contributed by atoms with Crippen LogP contribution in [0, 0.1) is 0 Å². The van der Waals surface area contributed by atoms with Crippen molar-refractivity contribution < 1.29 is 8.42 Å². The zero-order valence-corrected chi connectivity index (χ0v) is 13.1. The van der Waals surface area contributed by atoms with Crippen LogP contribution in [0.1, 0.15) is 25.7 Å². The Bertz CT molecular complexity index is 510. The van der Waals surface area contributed by atoms with E-state index in [9.17, 15) is 8.42 Å². The summed E-state index contributed by atoms with van der Waals surface area (Å²) < 4.78 is 26.7. The lowest BCUT2D eigenvalue weighted by molar-refractivity contribution is 0.227. The van der Waals surface area contributed by atoms with Gasteiger partial charge in [-0.05, 0) is 63.2 Å². The summed E-state index contributed by atoms with van der Waals surface area (Å²) in [5, 5.41) is 0.536. The zero-order valence-electron chi connectivity index (χ0n) is 11.5. The van der Waals surface area contributed by atoms with Crippen LogP contribution >= 0.6 is 11.6 Å². The molecule has 1 aromatic carbocycles.